The fourth-order valence-electron chi connectivity index (χ4n) is 1.86. The molecule has 0 saturated heterocycles. The minimum atomic E-state index is -0.127. The number of aryl methyl sites for hydroxylation is 2. The van der Waals surface area contributed by atoms with E-state index in [4.69, 9.17) is 4.42 Å². The summed E-state index contributed by atoms with van der Waals surface area (Å²) < 4.78 is 5.44. The normalized spacial score (nSPS) is 10.7. The lowest BCUT2D eigenvalue weighted by molar-refractivity contribution is -0.113. The van der Waals surface area contributed by atoms with Gasteiger partial charge in [0, 0.05) is 10.9 Å². The molecule has 0 bridgehead atoms. The van der Waals surface area contributed by atoms with Crippen molar-refractivity contribution >= 4 is 34.1 Å². The van der Waals surface area contributed by atoms with Crippen LogP contribution in [0, 0.1) is 13.8 Å². The van der Waals surface area contributed by atoms with Crippen LogP contribution in [0.3, 0.4) is 0 Å². The highest BCUT2D eigenvalue weighted by Crippen LogP contribution is 2.25. The Labute approximate surface area is 142 Å². The molecule has 1 N–H and O–H groups in total. The van der Waals surface area contributed by atoms with Crippen molar-refractivity contribution in [3.63, 3.8) is 0 Å². The van der Waals surface area contributed by atoms with Gasteiger partial charge in [-0.15, -0.1) is 11.3 Å². The molecule has 23 heavy (non-hydrogen) atoms. The van der Waals surface area contributed by atoms with Gasteiger partial charge in [-0.1, -0.05) is 42.1 Å². The van der Waals surface area contributed by atoms with Crippen molar-refractivity contribution in [1.29, 1.82) is 0 Å². The van der Waals surface area contributed by atoms with Crippen LogP contribution in [0.5, 0.6) is 0 Å². The quantitative estimate of drug-likeness (QED) is 0.704. The summed E-state index contributed by atoms with van der Waals surface area (Å²) >= 11 is 2.68. The first-order valence-corrected chi connectivity index (χ1v) is 8.86. The summed E-state index contributed by atoms with van der Waals surface area (Å²) in [6, 6.07) is 9.86. The van der Waals surface area contributed by atoms with Crippen molar-refractivity contribution in [2.24, 2.45) is 0 Å². The molecule has 0 aliphatic heterocycles. The van der Waals surface area contributed by atoms with Crippen molar-refractivity contribution in [3.05, 3.63) is 47.2 Å². The van der Waals surface area contributed by atoms with E-state index >= 15 is 0 Å². The van der Waals surface area contributed by atoms with Gasteiger partial charge in [-0.3, -0.25) is 4.79 Å². The second-order valence-electron chi connectivity index (χ2n) is 4.86. The van der Waals surface area contributed by atoms with Gasteiger partial charge in [0.25, 0.3) is 5.22 Å². The third kappa shape index (κ3) is 4.00. The highest BCUT2D eigenvalue weighted by molar-refractivity contribution is 7.99. The zero-order valence-corrected chi connectivity index (χ0v) is 14.3. The fourth-order valence-corrected chi connectivity index (χ4v) is 3.31. The van der Waals surface area contributed by atoms with Gasteiger partial charge in [-0.2, -0.15) is 0 Å². The second-order valence-corrected chi connectivity index (χ2v) is 6.65. The molecule has 1 amide bonds. The number of thioether (sulfide) groups is 1. The number of carbonyl (C=O) groups excluding carboxylic acids is 1. The van der Waals surface area contributed by atoms with Crippen LogP contribution in [0.25, 0.3) is 11.3 Å². The maximum Gasteiger partial charge on any atom is 0.256 e. The van der Waals surface area contributed by atoms with Crippen molar-refractivity contribution in [1.82, 2.24) is 9.97 Å². The average molecular weight is 345 g/mol. The third-order valence-electron chi connectivity index (χ3n) is 3.16. The third-order valence-corrected chi connectivity index (χ3v) is 4.74. The summed E-state index contributed by atoms with van der Waals surface area (Å²) in [7, 11) is 0. The molecule has 0 radical (unpaired) electrons. The summed E-state index contributed by atoms with van der Waals surface area (Å²) in [6.45, 7) is 3.73. The van der Waals surface area contributed by atoms with Crippen LogP contribution in [0.4, 0.5) is 5.13 Å². The number of hydrogen-bond acceptors (Lipinski definition) is 6. The molecule has 0 spiro atoms. The van der Waals surface area contributed by atoms with Crippen LogP contribution >= 0.6 is 23.1 Å². The van der Waals surface area contributed by atoms with Crippen LogP contribution in [-0.4, -0.2) is 21.6 Å². The van der Waals surface area contributed by atoms with E-state index in [1.807, 2.05) is 49.6 Å². The number of anilines is 1. The molecule has 2 aromatic heterocycles. The van der Waals surface area contributed by atoms with E-state index in [0.717, 1.165) is 22.7 Å². The standard InChI is InChI=1S/C16H15N3O2S2/c1-10-11(2)21-16(17-10)23-9-14(20)19-15-18-13(8-22-15)12-6-4-3-5-7-12/h3-8H,9H2,1-2H3,(H,18,19,20). The number of aromatic nitrogens is 2. The van der Waals surface area contributed by atoms with Gasteiger partial charge in [0.05, 0.1) is 17.1 Å². The van der Waals surface area contributed by atoms with Gasteiger partial charge < -0.3 is 9.73 Å². The molecule has 0 aliphatic rings. The number of nitrogens with zero attached hydrogens (tertiary/aromatic N) is 2. The molecule has 3 rings (SSSR count). The van der Waals surface area contributed by atoms with E-state index in [9.17, 15) is 4.79 Å². The summed E-state index contributed by atoms with van der Waals surface area (Å²) in [4.78, 5) is 20.7. The molecule has 3 aromatic rings. The predicted octanol–water partition coefficient (Wildman–Crippen LogP) is 4.15. The number of amides is 1. The Hall–Kier alpha value is -2.12. The first-order valence-electron chi connectivity index (χ1n) is 6.99. The van der Waals surface area contributed by atoms with Crippen LogP contribution in [0.15, 0.2) is 45.4 Å². The molecular weight excluding hydrogens is 330 g/mol. The van der Waals surface area contributed by atoms with Gasteiger partial charge in [0.15, 0.2) is 5.13 Å². The Balaban J connectivity index is 1.57. The van der Waals surface area contributed by atoms with Crippen LogP contribution < -0.4 is 5.32 Å². The lowest BCUT2D eigenvalue weighted by atomic mass is 10.2. The minimum absolute atomic E-state index is 0.127. The van der Waals surface area contributed by atoms with Gasteiger partial charge in [0.1, 0.15) is 5.76 Å². The van der Waals surface area contributed by atoms with Crippen molar-refractivity contribution in [2.75, 3.05) is 11.1 Å². The van der Waals surface area contributed by atoms with E-state index in [0.29, 0.717) is 10.4 Å². The highest BCUT2D eigenvalue weighted by Gasteiger charge is 2.11. The predicted molar refractivity (Wildman–Crippen MR) is 92.9 cm³/mol. The van der Waals surface area contributed by atoms with Crippen LogP contribution in [0.2, 0.25) is 0 Å². The van der Waals surface area contributed by atoms with Gasteiger partial charge in [-0.05, 0) is 13.8 Å². The number of thiazole rings is 1. The van der Waals surface area contributed by atoms with E-state index in [2.05, 4.69) is 15.3 Å². The monoisotopic (exact) mass is 345 g/mol. The van der Waals surface area contributed by atoms with E-state index in [-0.39, 0.29) is 11.7 Å². The number of nitrogens with one attached hydrogen (secondary N) is 1. The smallest absolute Gasteiger partial charge is 0.256 e. The summed E-state index contributed by atoms with van der Waals surface area (Å²) in [5.41, 5.74) is 2.74. The highest BCUT2D eigenvalue weighted by atomic mass is 32.2. The van der Waals surface area contributed by atoms with Crippen LogP contribution in [0.1, 0.15) is 11.5 Å². The Morgan fingerprint density at radius 2 is 2.04 bits per heavy atom. The summed E-state index contributed by atoms with van der Waals surface area (Å²) in [6.07, 6.45) is 0. The molecule has 5 nitrogen and oxygen atoms in total. The maximum absolute atomic E-state index is 12.0. The maximum atomic E-state index is 12.0. The van der Waals surface area contributed by atoms with E-state index in [1.54, 1.807) is 0 Å². The molecule has 0 unspecified atom stereocenters. The topological polar surface area (TPSA) is 68.0 Å². The Kier molecular flexibility index (Phi) is 4.78. The number of hydrogen-bond donors (Lipinski definition) is 1. The molecule has 0 saturated carbocycles. The molecule has 1 aromatic carbocycles. The van der Waals surface area contributed by atoms with Crippen molar-refractivity contribution < 1.29 is 9.21 Å². The number of rotatable bonds is 5. The largest absolute Gasteiger partial charge is 0.437 e. The Morgan fingerprint density at radius 1 is 1.26 bits per heavy atom. The number of carbonyl (C=O) groups is 1. The molecular formula is C16H15N3O2S2. The molecule has 7 heteroatoms. The van der Waals surface area contributed by atoms with Crippen molar-refractivity contribution in [2.45, 2.75) is 19.1 Å². The summed E-state index contributed by atoms with van der Waals surface area (Å²) in [5.74, 6) is 0.887. The zero-order chi connectivity index (χ0) is 16.2. The second kappa shape index (κ2) is 6.97. The number of oxazole rings is 1. The molecule has 2 heterocycles. The zero-order valence-electron chi connectivity index (χ0n) is 12.7. The first kappa shape index (κ1) is 15.8. The molecule has 0 fully saturated rings. The summed E-state index contributed by atoms with van der Waals surface area (Å²) in [5, 5.41) is 5.84. The lowest BCUT2D eigenvalue weighted by Crippen LogP contribution is -2.13. The Bertz CT molecular complexity index is 792. The fraction of sp³-hybridized carbons (Fsp3) is 0.188. The lowest BCUT2D eigenvalue weighted by Gasteiger charge is -1.99. The minimum Gasteiger partial charge on any atom is -0.437 e. The van der Waals surface area contributed by atoms with E-state index < -0.39 is 0 Å². The van der Waals surface area contributed by atoms with Gasteiger partial charge >= 0.3 is 0 Å². The first-order chi connectivity index (χ1) is 11.1. The average Bonchev–Trinajstić information content (AvgIpc) is 3.13. The van der Waals surface area contributed by atoms with Gasteiger partial charge in [-0.25, -0.2) is 9.97 Å². The Morgan fingerprint density at radius 3 is 2.74 bits per heavy atom. The SMILES string of the molecule is Cc1nc(SCC(=O)Nc2nc(-c3ccccc3)cs2)oc1C. The van der Waals surface area contributed by atoms with Crippen molar-refractivity contribution in [3.8, 4) is 11.3 Å². The molecule has 0 aliphatic carbocycles. The molecule has 0 atom stereocenters. The van der Waals surface area contributed by atoms with E-state index in [1.165, 1.54) is 23.1 Å². The van der Waals surface area contributed by atoms with Gasteiger partial charge in [0.2, 0.25) is 5.91 Å². The molecule has 118 valence electrons. The van der Waals surface area contributed by atoms with Crippen LogP contribution in [-0.2, 0) is 4.79 Å². The number of benzene rings is 1.